The van der Waals surface area contributed by atoms with Gasteiger partial charge in [-0.25, -0.2) is 4.39 Å². The number of halogens is 1. The van der Waals surface area contributed by atoms with Crippen LogP contribution in [0.5, 0.6) is 5.75 Å². The zero-order valence-electron chi connectivity index (χ0n) is 11.3. The van der Waals surface area contributed by atoms with Crippen LogP contribution in [-0.4, -0.2) is 32.8 Å². The van der Waals surface area contributed by atoms with E-state index in [9.17, 15) is 9.18 Å². The highest BCUT2D eigenvalue weighted by molar-refractivity contribution is 5.82. The molecule has 0 bridgehead atoms. The number of hydrogen-bond acceptors (Lipinski definition) is 4. The minimum absolute atomic E-state index is 0.104. The van der Waals surface area contributed by atoms with E-state index in [-0.39, 0.29) is 6.61 Å². The summed E-state index contributed by atoms with van der Waals surface area (Å²) in [4.78, 5) is 11.7. The number of carbonyl (C=O) groups is 1. The molecule has 0 aromatic heterocycles. The van der Waals surface area contributed by atoms with Crippen molar-refractivity contribution >= 4 is 5.91 Å². The highest BCUT2D eigenvalue weighted by atomic mass is 19.1. The van der Waals surface area contributed by atoms with Crippen molar-refractivity contribution in [2.75, 3.05) is 20.8 Å². The van der Waals surface area contributed by atoms with E-state index in [0.717, 1.165) is 0 Å². The number of rotatable bonds is 6. The topological polar surface area (TPSA) is 73.6 Å². The van der Waals surface area contributed by atoms with E-state index in [2.05, 4.69) is 5.32 Å². The Balaban J connectivity index is 2.83. The van der Waals surface area contributed by atoms with Crippen LogP contribution in [-0.2, 0) is 9.53 Å². The Bertz CT molecular complexity index is 440. The van der Waals surface area contributed by atoms with Gasteiger partial charge in [0, 0.05) is 7.11 Å². The summed E-state index contributed by atoms with van der Waals surface area (Å²) in [5.41, 5.74) is 5.90. The first-order valence-corrected chi connectivity index (χ1v) is 5.88. The first-order chi connectivity index (χ1) is 9.01. The SMILES string of the molecule is COCC(N)C(=O)NC(C)c1c(F)cccc1OC. The summed E-state index contributed by atoms with van der Waals surface area (Å²) in [5, 5.41) is 2.63. The van der Waals surface area contributed by atoms with E-state index in [1.54, 1.807) is 19.1 Å². The Kier molecular flexibility index (Phi) is 5.72. The minimum Gasteiger partial charge on any atom is -0.496 e. The van der Waals surface area contributed by atoms with Gasteiger partial charge in [-0.3, -0.25) is 4.79 Å². The number of nitrogens with two attached hydrogens (primary N) is 1. The zero-order chi connectivity index (χ0) is 14.4. The fourth-order valence-corrected chi connectivity index (χ4v) is 1.76. The Hall–Kier alpha value is -1.66. The number of benzene rings is 1. The van der Waals surface area contributed by atoms with Crippen molar-refractivity contribution in [3.8, 4) is 5.75 Å². The summed E-state index contributed by atoms with van der Waals surface area (Å²) >= 11 is 0. The molecule has 19 heavy (non-hydrogen) atoms. The molecule has 5 nitrogen and oxygen atoms in total. The monoisotopic (exact) mass is 270 g/mol. The normalized spacial score (nSPS) is 13.7. The smallest absolute Gasteiger partial charge is 0.239 e. The van der Waals surface area contributed by atoms with Crippen molar-refractivity contribution in [1.29, 1.82) is 0 Å². The summed E-state index contributed by atoms with van der Waals surface area (Å²) in [5.74, 6) is -0.458. The molecule has 0 saturated heterocycles. The number of ether oxygens (including phenoxy) is 2. The zero-order valence-corrected chi connectivity index (χ0v) is 11.3. The largest absolute Gasteiger partial charge is 0.496 e. The molecule has 2 unspecified atom stereocenters. The summed E-state index contributed by atoms with van der Waals surface area (Å²) in [6, 6.07) is 3.16. The fourth-order valence-electron chi connectivity index (χ4n) is 1.76. The van der Waals surface area contributed by atoms with E-state index in [4.69, 9.17) is 15.2 Å². The van der Waals surface area contributed by atoms with E-state index in [1.165, 1.54) is 20.3 Å². The van der Waals surface area contributed by atoms with Crippen LogP contribution in [0.2, 0.25) is 0 Å². The molecule has 0 fully saturated rings. The first-order valence-electron chi connectivity index (χ1n) is 5.88. The van der Waals surface area contributed by atoms with Crippen molar-refractivity contribution in [3.05, 3.63) is 29.6 Å². The number of carbonyl (C=O) groups excluding carboxylic acids is 1. The lowest BCUT2D eigenvalue weighted by molar-refractivity contribution is -0.124. The third-order valence-corrected chi connectivity index (χ3v) is 2.71. The molecule has 3 N–H and O–H groups in total. The lowest BCUT2D eigenvalue weighted by Crippen LogP contribution is -2.44. The lowest BCUT2D eigenvalue weighted by Gasteiger charge is -2.20. The van der Waals surface area contributed by atoms with Crippen LogP contribution >= 0.6 is 0 Å². The second kappa shape index (κ2) is 7.06. The molecular weight excluding hydrogens is 251 g/mol. The average Bonchev–Trinajstić information content (AvgIpc) is 2.38. The minimum atomic E-state index is -0.787. The van der Waals surface area contributed by atoms with Crippen molar-refractivity contribution < 1.29 is 18.7 Å². The second-order valence-electron chi connectivity index (χ2n) is 4.15. The molecule has 0 aliphatic rings. The molecule has 0 aliphatic heterocycles. The number of nitrogens with one attached hydrogen (secondary N) is 1. The van der Waals surface area contributed by atoms with Gasteiger partial charge in [0.1, 0.15) is 17.6 Å². The molecule has 0 aliphatic carbocycles. The predicted octanol–water partition coefficient (Wildman–Crippen LogP) is 0.985. The van der Waals surface area contributed by atoms with Gasteiger partial charge in [0.25, 0.3) is 0 Å². The Morgan fingerprint density at radius 1 is 1.47 bits per heavy atom. The Morgan fingerprint density at radius 2 is 2.16 bits per heavy atom. The van der Waals surface area contributed by atoms with Crippen molar-refractivity contribution in [3.63, 3.8) is 0 Å². The molecule has 2 atom stereocenters. The lowest BCUT2D eigenvalue weighted by atomic mass is 10.1. The summed E-state index contributed by atoms with van der Waals surface area (Å²) < 4.78 is 23.7. The molecule has 0 saturated carbocycles. The summed E-state index contributed by atoms with van der Waals surface area (Å²) in [7, 11) is 2.90. The van der Waals surface area contributed by atoms with Gasteiger partial charge in [-0.05, 0) is 19.1 Å². The van der Waals surface area contributed by atoms with Crippen LogP contribution in [0.4, 0.5) is 4.39 Å². The molecular formula is C13H19FN2O3. The molecule has 1 aromatic rings. The van der Waals surface area contributed by atoms with Crippen LogP contribution < -0.4 is 15.8 Å². The third kappa shape index (κ3) is 3.90. The van der Waals surface area contributed by atoms with Crippen molar-refractivity contribution in [1.82, 2.24) is 5.32 Å². The molecule has 0 heterocycles. The fraction of sp³-hybridized carbons (Fsp3) is 0.462. The van der Waals surface area contributed by atoms with Gasteiger partial charge in [-0.1, -0.05) is 6.07 Å². The van der Waals surface area contributed by atoms with Crippen LogP contribution in [0.1, 0.15) is 18.5 Å². The van der Waals surface area contributed by atoms with Gasteiger partial charge >= 0.3 is 0 Å². The molecule has 1 amide bonds. The van der Waals surface area contributed by atoms with Gasteiger partial charge in [0.2, 0.25) is 5.91 Å². The van der Waals surface area contributed by atoms with Crippen LogP contribution in [0.25, 0.3) is 0 Å². The van der Waals surface area contributed by atoms with E-state index in [0.29, 0.717) is 11.3 Å². The quantitative estimate of drug-likeness (QED) is 0.808. The molecule has 0 radical (unpaired) electrons. The first kappa shape index (κ1) is 15.4. The van der Waals surface area contributed by atoms with Crippen molar-refractivity contribution in [2.24, 2.45) is 5.73 Å². The number of methoxy groups -OCH3 is 2. The van der Waals surface area contributed by atoms with Gasteiger partial charge < -0.3 is 20.5 Å². The van der Waals surface area contributed by atoms with Gasteiger partial charge in [-0.15, -0.1) is 0 Å². The summed E-state index contributed by atoms with van der Waals surface area (Å²) in [6.45, 7) is 1.77. The van der Waals surface area contributed by atoms with Crippen molar-refractivity contribution in [2.45, 2.75) is 19.0 Å². The van der Waals surface area contributed by atoms with E-state index >= 15 is 0 Å². The maximum absolute atomic E-state index is 13.8. The van der Waals surface area contributed by atoms with Gasteiger partial charge in [-0.2, -0.15) is 0 Å². The van der Waals surface area contributed by atoms with Crippen LogP contribution in [0.15, 0.2) is 18.2 Å². The maximum atomic E-state index is 13.8. The van der Waals surface area contributed by atoms with Crippen LogP contribution in [0.3, 0.4) is 0 Å². The number of hydrogen-bond donors (Lipinski definition) is 2. The van der Waals surface area contributed by atoms with Crippen LogP contribution in [0, 0.1) is 5.82 Å². The standard InChI is InChI=1S/C13H19FN2O3/c1-8(16-13(17)10(15)7-18-2)12-9(14)5-4-6-11(12)19-3/h4-6,8,10H,7,15H2,1-3H3,(H,16,17). The Morgan fingerprint density at radius 3 is 2.74 bits per heavy atom. The second-order valence-corrected chi connectivity index (χ2v) is 4.15. The maximum Gasteiger partial charge on any atom is 0.239 e. The van der Waals surface area contributed by atoms with E-state index in [1.807, 2.05) is 0 Å². The van der Waals surface area contributed by atoms with Gasteiger partial charge in [0.15, 0.2) is 0 Å². The highest BCUT2D eigenvalue weighted by Gasteiger charge is 2.21. The molecule has 1 aromatic carbocycles. The predicted molar refractivity (Wildman–Crippen MR) is 69.4 cm³/mol. The molecule has 106 valence electrons. The Labute approximate surface area is 111 Å². The third-order valence-electron chi connectivity index (χ3n) is 2.71. The highest BCUT2D eigenvalue weighted by Crippen LogP contribution is 2.27. The average molecular weight is 270 g/mol. The number of amides is 1. The van der Waals surface area contributed by atoms with E-state index < -0.39 is 23.8 Å². The molecule has 6 heteroatoms. The molecule has 0 spiro atoms. The summed E-state index contributed by atoms with van der Waals surface area (Å²) in [6.07, 6.45) is 0. The van der Waals surface area contributed by atoms with Gasteiger partial charge in [0.05, 0.1) is 25.3 Å². The molecule has 1 rings (SSSR count).